The molecule has 0 saturated carbocycles. The second-order valence-electron chi connectivity index (χ2n) is 6.15. The number of fused-ring (bicyclic) bond motifs is 1. The quantitative estimate of drug-likeness (QED) is 0.390. The van der Waals surface area contributed by atoms with Crippen LogP contribution in [0.15, 0.2) is 35.4 Å². The average Bonchev–Trinajstić information content (AvgIpc) is 2.65. The Kier molecular flexibility index (Phi) is 6.19. The van der Waals surface area contributed by atoms with Crippen LogP contribution in [0.25, 0.3) is 10.9 Å². The molecule has 27 heavy (non-hydrogen) atoms. The van der Waals surface area contributed by atoms with Crippen LogP contribution in [0.3, 0.4) is 0 Å². The van der Waals surface area contributed by atoms with E-state index in [1.54, 1.807) is 25.1 Å². The minimum atomic E-state index is -0.0928. The number of hydrogen-bond donors (Lipinski definition) is 2. The largest absolute Gasteiger partial charge is 0.353 e. The van der Waals surface area contributed by atoms with Crippen molar-refractivity contribution in [3.8, 4) is 0 Å². The van der Waals surface area contributed by atoms with Gasteiger partial charge in [0, 0.05) is 18.5 Å². The van der Waals surface area contributed by atoms with E-state index >= 15 is 0 Å². The van der Waals surface area contributed by atoms with Gasteiger partial charge in [0.15, 0.2) is 0 Å². The average molecular weight is 423 g/mol. The third kappa shape index (κ3) is 4.03. The molecule has 0 saturated heterocycles. The second-order valence-corrected chi connectivity index (χ2v) is 7.84. The molecule has 0 unspecified atom stereocenters. The maximum Gasteiger partial charge on any atom is 0.261 e. The van der Waals surface area contributed by atoms with Gasteiger partial charge >= 0.3 is 0 Å². The van der Waals surface area contributed by atoms with Crippen molar-refractivity contribution in [2.45, 2.75) is 20.3 Å². The van der Waals surface area contributed by atoms with Crippen molar-refractivity contribution in [3.63, 3.8) is 0 Å². The molecule has 2 N–H and O–H groups in total. The molecule has 5 nitrogen and oxygen atoms in total. The van der Waals surface area contributed by atoms with Gasteiger partial charge in [0.25, 0.3) is 5.56 Å². The van der Waals surface area contributed by atoms with Crippen LogP contribution >= 0.6 is 35.1 Å². The van der Waals surface area contributed by atoms with Crippen LogP contribution < -0.4 is 15.6 Å². The molecule has 0 radical (unpaired) electrons. The third-order valence-electron chi connectivity index (χ3n) is 4.19. The maximum atomic E-state index is 12.5. The zero-order valence-corrected chi connectivity index (χ0v) is 17.6. The molecule has 8 heteroatoms. The van der Waals surface area contributed by atoms with Crippen molar-refractivity contribution in [1.29, 1.82) is 0 Å². The molecule has 1 heterocycles. The van der Waals surface area contributed by atoms with Crippen LogP contribution in [0, 0.1) is 6.92 Å². The van der Waals surface area contributed by atoms with Gasteiger partial charge in [-0.2, -0.15) is 0 Å². The summed E-state index contributed by atoms with van der Waals surface area (Å²) < 4.78 is 4.72. The lowest BCUT2D eigenvalue weighted by Gasteiger charge is -2.16. The van der Waals surface area contributed by atoms with Crippen molar-refractivity contribution < 1.29 is 0 Å². The molecule has 0 bridgehead atoms. The number of nitrogens with one attached hydrogen (secondary N) is 2. The fraction of sp³-hybridized carbons (Fsp3) is 0.263. The van der Waals surface area contributed by atoms with E-state index in [-0.39, 0.29) is 5.56 Å². The number of halogens is 2. The first-order chi connectivity index (χ1) is 12.9. The van der Waals surface area contributed by atoms with E-state index in [1.807, 2.05) is 25.1 Å². The summed E-state index contributed by atoms with van der Waals surface area (Å²) in [6, 6.07) is 7.34. The zero-order valence-electron chi connectivity index (χ0n) is 15.3. The first kappa shape index (κ1) is 19.9. The van der Waals surface area contributed by atoms with E-state index in [0.717, 1.165) is 29.1 Å². The summed E-state index contributed by atoms with van der Waals surface area (Å²) >= 11 is 14.5. The van der Waals surface area contributed by atoms with Crippen LogP contribution in [0.5, 0.6) is 0 Å². The molecule has 3 rings (SSSR count). The maximum absolute atomic E-state index is 12.5. The summed E-state index contributed by atoms with van der Waals surface area (Å²) in [4.78, 5) is 16.8. The van der Waals surface area contributed by atoms with Gasteiger partial charge in [-0.15, -0.1) is 0 Å². The van der Waals surface area contributed by atoms with Crippen LogP contribution in [-0.2, 0) is 7.05 Å². The zero-order chi connectivity index (χ0) is 19.6. The number of aryl methyl sites for hydroxylation is 2. The highest BCUT2D eigenvalue weighted by molar-refractivity contribution is 8.00. The fourth-order valence-corrected chi connectivity index (χ4v) is 3.90. The summed E-state index contributed by atoms with van der Waals surface area (Å²) in [5.41, 5.74) is 3.51. The monoisotopic (exact) mass is 422 g/mol. The molecule has 0 amide bonds. The Balaban J connectivity index is 2.02. The SMILES string of the molecule is CCCSNc1ccc(Cl)c(Nc2ccc3ncn(C)c(=O)c3c2C)c1Cl. The number of aromatic nitrogens is 2. The van der Waals surface area contributed by atoms with Crippen LogP contribution in [0.1, 0.15) is 18.9 Å². The number of hydrogen-bond acceptors (Lipinski definition) is 5. The number of nitrogens with zero attached hydrogens (tertiary/aromatic N) is 2. The summed E-state index contributed by atoms with van der Waals surface area (Å²) in [5, 5.41) is 4.87. The van der Waals surface area contributed by atoms with Gasteiger partial charge < -0.3 is 14.6 Å². The topological polar surface area (TPSA) is 59.0 Å². The van der Waals surface area contributed by atoms with Crippen LogP contribution in [-0.4, -0.2) is 15.3 Å². The van der Waals surface area contributed by atoms with E-state index in [9.17, 15) is 4.79 Å². The number of rotatable bonds is 6. The number of anilines is 3. The molecular formula is C19H20Cl2N4OS. The predicted octanol–water partition coefficient (Wildman–Crippen LogP) is 5.76. The lowest BCUT2D eigenvalue weighted by Crippen LogP contribution is -2.18. The van der Waals surface area contributed by atoms with Crippen molar-refractivity contribution in [2.75, 3.05) is 15.8 Å². The molecule has 0 atom stereocenters. The van der Waals surface area contributed by atoms with E-state index in [4.69, 9.17) is 23.2 Å². The molecule has 3 aromatic rings. The molecule has 0 fully saturated rings. The van der Waals surface area contributed by atoms with Crippen molar-refractivity contribution in [3.05, 3.63) is 56.6 Å². The van der Waals surface area contributed by atoms with Gasteiger partial charge in [0.1, 0.15) is 0 Å². The normalized spacial score (nSPS) is 11.0. The van der Waals surface area contributed by atoms with Gasteiger partial charge in [-0.25, -0.2) is 4.98 Å². The molecule has 0 spiro atoms. The highest BCUT2D eigenvalue weighted by atomic mass is 35.5. The van der Waals surface area contributed by atoms with Crippen molar-refractivity contribution >= 4 is 63.1 Å². The first-order valence-corrected chi connectivity index (χ1v) is 10.3. The smallest absolute Gasteiger partial charge is 0.261 e. The Labute approximate surface area is 172 Å². The van der Waals surface area contributed by atoms with Gasteiger partial charge in [-0.3, -0.25) is 4.79 Å². The highest BCUT2D eigenvalue weighted by Crippen LogP contribution is 2.40. The van der Waals surface area contributed by atoms with Gasteiger partial charge in [0.05, 0.1) is 38.7 Å². The predicted molar refractivity (Wildman–Crippen MR) is 118 cm³/mol. The van der Waals surface area contributed by atoms with Gasteiger partial charge in [0.2, 0.25) is 0 Å². The van der Waals surface area contributed by atoms with E-state index < -0.39 is 0 Å². The standard InChI is InChI=1S/C19H20Cl2N4OS/c1-4-9-27-24-15-6-5-12(20)18(17(15)21)23-13-7-8-14-16(11(13)2)19(26)25(3)10-22-14/h5-8,10,23-24H,4,9H2,1-3H3. The second kappa shape index (κ2) is 8.42. The van der Waals surface area contributed by atoms with Crippen molar-refractivity contribution in [2.24, 2.45) is 7.05 Å². The van der Waals surface area contributed by atoms with Crippen molar-refractivity contribution in [1.82, 2.24) is 9.55 Å². The Bertz CT molecular complexity index is 1050. The summed E-state index contributed by atoms with van der Waals surface area (Å²) in [5.74, 6) is 0.974. The fourth-order valence-electron chi connectivity index (χ4n) is 2.70. The molecule has 142 valence electrons. The Hall–Kier alpha value is -1.89. The van der Waals surface area contributed by atoms with E-state index in [2.05, 4.69) is 21.9 Å². The molecule has 0 aliphatic heterocycles. The Morgan fingerprint density at radius 3 is 2.67 bits per heavy atom. The summed E-state index contributed by atoms with van der Waals surface area (Å²) in [7, 11) is 1.69. The Morgan fingerprint density at radius 1 is 1.19 bits per heavy atom. The first-order valence-electron chi connectivity index (χ1n) is 8.51. The highest BCUT2D eigenvalue weighted by Gasteiger charge is 2.14. The molecule has 0 aliphatic carbocycles. The van der Waals surface area contributed by atoms with Gasteiger partial charge in [-0.1, -0.05) is 42.1 Å². The molecule has 1 aromatic heterocycles. The van der Waals surface area contributed by atoms with Gasteiger partial charge in [-0.05, 0) is 43.2 Å². The lowest BCUT2D eigenvalue weighted by atomic mass is 10.1. The molecular weight excluding hydrogens is 403 g/mol. The Morgan fingerprint density at radius 2 is 1.93 bits per heavy atom. The molecule has 0 aliphatic rings. The summed E-state index contributed by atoms with van der Waals surface area (Å²) in [6.45, 7) is 4.00. The molecule has 2 aromatic carbocycles. The minimum absolute atomic E-state index is 0.0928. The van der Waals surface area contributed by atoms with Crippen LogP contribution in [0.2, 0.25) is 10.0 Å². The number of benzene rings is 2. The minimum Gasteiger partial charge on any atom is -0.353 e. The third-order valence-corrected chi connectivity index (χ3v) is 5.87. The van der Waals surface area contributed by atoms with E-state index in [1.165, 1.54) is 10.9 Å². The summed E-state index contributed by atoms with van der Waals surface area (Å²) in [6.07, 6.45) is 2.58. The lowest BCUT2D eigenvalue weighted by molar-refractivity contribution is 0.842. The van der Waals surface area contributed by atoms with E-state index in [0.29, 0.717) is 26.6 Å². The van der Waals surface area contributed by atoms with Crippen LogP contribution in [0.4, 0.5) is 17.1 Å².